The van der Waals surface area contributed by atoms with Gasteiger partial charge in [-0.3, -0.25) is 0 Å². The van der Waals surface area contributed by atoms with Crippen LogP contribution in [-0.4, -0.2) is 6.04 Å². The van der Waals surface area contributed by atoms with E-state index in [9.17, 15) is 0 Å². The number of furan rings is 1. The molecule has 90 valence electrons. The van der Waals surface area contributed by atoms with Crippen molar-refractivity contribution in [2.45, 2.75) is 58.5 Å². The Bertz CT molecular complexity index is 331. The van der Waals surface area contributed by atoms with Gasteiger partial charge in [-0.1, -0.05) is 20.3 Å². The summed E-state index contributed by atoms with van der Waals surface area (Å²) in [6.45, 7) is 6.58. The molecule has 1 heterocycles. The third-order valence-electron chi connectivity index (χ3n) is 3.50. The van der Waals surface area contributed by atoms with Crippen molar-refractivity contribution in [3.05, 3.63) is 23.7 Å². The van der Waals surface area contributed by atoms with E-state index >= 15 is 0 Å². The number of nitrogens with one attached hydrogen (secondary N) is 1. The summed E-state index contributed by atoms with van der Waals surface area (Å²) in [5, 5.41) is 3.65. The van der Waals surface area contributed by atoms with Crippen molar-refractivity contribution in [3.63, 3.8) is 0 Å². The van der Waals surface area contributed by atoms with Gasteiger partial charge in [-0.15, -0.1) is 0 Å². The van der Waals surface area contributed by atoms with E-state index < -0.39 is 0 Å². The van der Waals surface area contributed by atoms with Crippen LogP contribution < -0.4 is 5.32 Å². The van der Waals surface area contributed by atoms with Crippen molar-refractivity contribution < 1.29 is 4.42 Å². The smallest absolute Gasteiger partial charge is 0.120 e. The average Bonchev–Trinajstić information content (AvgIpc) is 2.84. The number of hydrogen-bond donors (Lipinski definition) is 1. The van der Waals surface area contributed by atoms with Gasteiger partial charge in [0.05, 0.1) is 6.04 Å². The zero-order valence-corrected chi connectivity index (χ0v) is 10.6. The molecule has 1 N–H and O–H groups in total. The van der Waals surface area contributed by atoms with Crippen LogP contribution in [0, 0.1) is 5.92 Å². The predicted octanol–water partition coefficient (Wildman–Crippen LogP) is 3.68. The van der Waals surface area contributed by atoms with E-state index in [0.717, 1.165) is 29.9 Å². The summed E-state index contributed by atoms with van der Waals surface area (Å²) in [4.78, 5) is 0. The first-order valence-electron chi connectivity index (χ1n) is 6.59. The van der Waals surface area contributed by atoms with Crippen molar-refractivity contribution >= 4 is 0 Å². The Morgan fingerprint density at radius 2 is 2.25 bits per heavy atom. The lowest BCUT2D eigenvalue weighted by Gasteiger charge is -2.11. The molecule has 3 atom stereocenters. The van der Waals surface area contributed by atoms with Gasteiger partial charge in [-0.05, 0) is 37.8 Å². The molecule has 2 nitrogen and oxygen atoms in total. The molecule has 1 aliphatic rings. The Morgan fingerprint density at radius 1 is 1.44 bits per heavy atom. The third kappa shape index (κ3) is 2.67. The predicted molar refractivity (Wildman–Crippen MR) is 66.4 cm³/mol. The highest BCUT2D eigenvalue weighted by atomic mass is 16.3. The van der Waals surface area contributed by atoms with Gasteiger partial charge in [0.25, 0.3) is 0 Å². The summed E-state index contributed by atoms with van der Waals surface area (Å²) in [7, 11) is 0. The van der Waals surface area contributed by atoms with Crippen LogP contribution in [0.3, 0.4) is 0 Å². The van der Waals surface area contributed by atoms with Crippen molar-refractivity contribution in [1.82, 2.24) is 5.32 Å². The summed E-state index contributed by atoms with van der Waals surface area (Å²) in [5.41, 5.74) is 0. The van der Waals surface area contributed by atoms with Gasteiger partial charge in [-0.2, -0.15) is 0 Å². The van der Waals surface area contributed by atoms with E-state index in [1.165, 1.54) is 19.3 Å². The Kier molecular flexibility index (Phi) is 3.70. The van der Waals surface area contributed by atoms with Gasteiger partial charge in [0, 0.05) is 12.5 Å². The van der Waals surface area contributed by atoms with E-state index in [0.29, 0.717) is 6.04 Å². The number of hydrogen-bond acceptors (Lipinski definition) is 2. The van der Waals surface area contributed by atoms with Crippen LogP contribution in [0.25, 0.3) is 0 Å². The van der Waals surface area contributed by atoms with Crippen LogP contribution in [0.2, 0.25) is 0 Å². The highest BCUT2D eigenvalue weighted by molar-refractivity contribution is 5.11. The average molecular weight is 221 g/mol. The molecule has 1 aromatic rings. The van der Waals surface area contributed by atoms with Crippen molar-refractivity contribution in [2.75, 3.05) is 0 Å². The highest BCUT2D eigenvalue weighted by Crippen LogP contribution is 2.36. The van der Waals surface area contributed by atoms with Gasteiger partial charge in [0.2, 0.25) is 0 Å². The monoisotopic (exact) mass is 221 g/mol. The van der Waals surface area contributed by atoms with E-state index in [4.69, 9.17) is 4.42 Å². The van der Waals surface area contributed by atoms with Crippen LogP contribution in [-0.2, 0) is 6.42 Å². The molecule has 0 aliphatic heterocycles. The van der Waals surface area contributed by atoms with Crippen LogP contribution in [0.4, 0.5) is 0 Å². The van der Waals surface area contributed by atoms with Crippen molar-refractivity contribution in [2.24, 2.45) is 5.92 Å². The van der Waals surface area contributed by atoms with Gasteiger partial charge in [0.15, 0.2) is 0 Å². The molecule has 2 rings (SSSR count). The minimum Gasteiger partial charge on any atom is -0.464 e. The molecule has 1 saturated carbocycles. The second kappa shape index (κ2) is 5.05. The summed E-state index contributed by atoms with van der Waals surface area (Å²) < 4.78 is 5.76. The van der Waals surface area contributed by atoms with Crippen LogP contribution in [0.5, 0.6) is 0 Å². The summed E-state index contributed by atoms with van der Waals surface area (Å²) in [5.74, 6) is 3.08. The minimum absolute atomic E-state index is 0.354. The van der Waals surface area contributed by atoms with Crippen molar-refractivity contribution in [1.29, 1.82) is 0 Å². The lowest BCUT2D eigenvalue weighted by molar-refractivity contribution is 0.401. The molecule has 16 heavy (non-hydrogen) atoms. The Morgan fingerprint density at radius 3 is 2.88 bits per heavy atom. The number of aryl methyl sites for hydroxylation is 1. The topological polar surface area (TPSA) is 25.2 Å². The fourth-order valence-corrected chi connectivity index (χ4v) is 2.36. The number of rotatable bonds is 6. The SMILES string of the molecule is CCCC1CC1NC(C)c1ccc(CC)o1. The molecule has 3 unspecified atom stereocenters. The summed E-state index contributed by atoms with van der Waals surface area (Å²) in [6.07, 6.45) is 4.99. The molecule has 2 heteroatoms. The summed E-state index contributed by atoms with van der Waals surface area (Å²) >= 11 is 0. The molecule has 0 aromatic carbocycles. The molecule has 0 spiro atoms. The molecule has 1 aliphatic carbocycles. The third-order valence-corrected chi connectivity index (χ3v) is 3.50. The van der Waals surface area contributed by atoms with Gasteiger partial charge in [-0.25, -0.2) is 0 Å². The largest absolute Gasteiger partial charge is 0.464 e. The second-order valence-corrected chi connectivity index (χ2v) is 4.94. The first-order chi connectivity index (χ1) is 7.74. The van der Waals surface area contributed by atoms with Gasteiger partial charge in [0.1, 0.15) is 11.5 Å². The van der Waals surface area contributed by atoms with Gasteiger partial charge < -0.3 is 9.73 Å². The van der Waals surface area contributed by atoms with E-state index in [1.54, 1.807) is 0 Å². The van der Waals surface area contributed by atoms with E-state index in [1.807, 2.05) is 0 Å². The van der Waals surface area contributed by atoms with Crippen LogP contribution in [0.15, 0.2) is 16.5 Å². The normalized spacial score (nSPS) is 25.7. The minimum atomic E-state index is 0.354. The maximum absolute atomic E-state index is 5.76. The van der Waals surface area contributed by atoms with E-state index in [2.05, 4.69) is 38.2 Å². The molecule has 1 fully saturated rings. The van der Waals surface area contributed by atoms with Crippen molar-refractivity contribution in [3.8, 4) is 0 Å². The standard InChI is InChI=1S/C14H23NO/c1-4-6-11-9-13(11)15-10(3)14-8-7-12(5-2)16-14/h7-8,10-11,13,15H,4-6,9H2,1-3H3. The maximum Gasteiger partial charge on any atom is 0.120 e. The van der Waals surface area contributed by atoms with Gasteiger partial charge >= 0.3 is 0 Å². The fraction of sp³-hybridized carbons (Fsp3) is 0.714. The molecule has 0 amide bonds. The maximum atomic E-state index is 5.76. The Labute approximate surface area is 98.4 Å². The highest BCUT2D eigenvalue weighted by Gasteiger charge is 2.36. The lowest BCUT2D eigenvalue weighted by atomic mass is 10.2. The molecular formula is C14H23NO. The molecule has 0 bridgehead atoms. The summed E-state index contributed by atoms with van der Waals surface area (Å²) in [6, 6.07) is 5.27. The molecule has 1 aromatic heterocycles. The first-order valence-corrected chi connectivity index (χ1v) is 6.59. The fourth-order valence-electron chi connectivity index (χ4n) is 2.36. The van der Waals surface area contributed by atoms with Crippen LogP contribution >= 0.6 is 0 Å². The Balaban J connectivity index is 1.82. The quantitative estimate of drug-likeness (QED) is 0.792. The molecule has 0 radical (unpaired) electrons. The second-order valence-electron chi connectivity index (χ2n) is 4.94. The molecule has 0 saturated heterocycles. The van der Waals surface area contributed by atoms with E-state index in [-0.39, 0.29) is 0 Å². The molecular weight excluding hydrogens is 198 g/mol. The zero-order valence-electron chi connectivity index (χ0n) is 10.6. The first kappa shape index (κ1) is 11.7. The zero-order chi connectivity index (χ0) is 11.5. The lowest BCUT2D eigenvalue weighted by Crippen LogP contribution is -2.22. The van der Waals surface area contributed by atoms with Crippen LogP contribution in [0.1, 0.15) is 57.6 Å². The Hall–Kier alpha value is -0.760.